The third kappa shape index (κ3) is 1.39. The molecule has 0 aromatic carbocycles. The van der Waals surface area contributed by atoms with Gasteiger partial charge in [-0.15, -0.1) is 0 Å². The van der Waals surface area contributed by atoms with Crippen LogP contribution in [0.4, 0.5) is 0 Å². The van der Waals surface area contributed by atoms with Gasteiger partial charge in [0.15, 0.2) is 0 Å². The molecule has 5 heteroatoms. The number of hydrogen-bond donors (Lipinski definition) is 2. The molecule has 0 spiro atoms. The molecule has 1 heterocycles. The molecule has 1 aromatic rings. The third-order valence-electron chi connectivity index (χ3n) is 2.92. The fraction of sp³-hybridized carbons (Fsp3) is 0.556. The highest BCUT2D eigenvalue weighted by atomic mass is 35.5. The first kappa shape index (κ1) is 9.52. The van der Waals surface area contributed by atoms with E-state index < -0.39 is 0 Å². The highest BCUT2D eigenvalue weighted by Crippen LogP contribution is 2.47. The number of rotatable bonds is 3. The van der Waals surface area contributed by atoms with E-state index in [0.29, 0.717) is 11.6 Å². The number of nitrogens with one attached hydrogen (secondary N) is 1. The molecule has 1 aliphatic carbocycles. The summed E-state index contributed by atoms with van der Waals surface area (Å²) < 4.78 is 1.83. The van der Waals surface area contributed by atoms with Crippen LogP contribution in [0.15, 0.2) is 6.20 Å². The number of nitrogens with zero attached hydrogens (tertiary/aromatic N) is 2. The smallest absolute Gasteiger partial charge is 0.0987 e. The molecule has 3 N–H and O–H groups in total. The average Bonchev–Trinajstić information content (AvgIpc) is 2.85. The topological polar surface area (TPSA) is 67.7 Å². The summed E-state index contributed by atoms with van der Waals surface area (Å²) in [7, 11) is 0. The van der Waals surface area contributed by atoms with Gasteiger partial charge in [-0.3, -0.25) is 10.1 Å². The van der Waals surface area contributed by atoms with E-state index in [1.165, 1.54) is 0 Å². The molecule has 1 fully saturated rings. The third-order valence-corrected chi connectivity index (χ3v) is 3.29. The Balaban J connectivity index is 2.19. The van der Waals surface area contributed by atoms with Crippen LogP contribution in [0, 0.1) is 17.7 Å². The van der Waals surface area contributed by atoms with Gasteiger partial charge in [0, 0.05) is 5.41 Å². The Morgan fingerprint density at radius 2 is 2.43 bits per heavy atom. The van der Waals surface area contributed by atoms with Crippen LogP contribution in [0.2, 0.25) is 5.02 Å². The van der Waals surface area contributed by atoms with Crippen LogP contribution in [0.1, 0.15) is 18.5 Å². The van der Waals surface area contributed by atoms with Crippen molar-refractivity contribution in [1.29, 1.82) is 5.41 Å². The Bertz CT molecular complexity index is 378. The highest BCUT2D eigenvalue weighted by Gasteiger charge is 2.46. The number of aromatic nitrogens is 2. The Morgan fingerprint density at radius 1 is 1.79 bits per heavy atom. The Hall–Kier alpha value is -1.03. The van der Waals surface area contributed by atoms with Gasteiger partial charge < -0.3 is 5.73 Å². The lowest BCUT2D eigenvalue weighted by Gasteiger charge is -2.14. The fourth-order valence-electron chi connectivity index (χ4n) is 1.53. The van der Waals surface area contributed by atoms with Gasteiger partial charge in [0.05, 0.1) is 29.3 Å². The van der Waals surface area contributed by atoms with Crippen molar-refractivity contribution in [3.05, 3.63) is 16.9 Å². The number of halogens is 1. The van der Waals surface area contributed by atoms with Crippen molar-refractivity contribution in [3.63, 3.8) is 0 Å². The van der Waals surface area contributed by atoms with Crippen LogP contribution >= 0.6 is 11.6 Å². The maximum absolute atomic E-state index is 7.49. The average molecular weight is 213 g/mol. The van der Waals surface area contributed by atoms with Gasteiger partial charge in [-0.25, -0.2) is 0 Å². The zero-order valence-corrected chi connectivity index (χ0v) is 8.80. The second-order valence-electron chi connectivity index (χ2n) is 3.93. The zero-order valence-electron chi connectivity index (χ0n) is 8.05. The highest BCUT2D eigenvalue weighted by molar-refractivity contribution is 6.31. The molecule has 0 amide bonds. The first-order valence-corrected chi connectivity index (χ1v) is 4.95. The molecular weight excluding hydrogens is 200 g/mol. The van der Waals surface area contributed by atoms with Gasteiger partial charge in [0.1, 0.15) is 0 Å². The van der Waals surface area contributed by atoms with E-state index in [1.807, 2.05) is 11.6 Å². The number of amidine groups is 1. The second kappa shape index (κ2) is 2.98. The van der Waals surface area contributed by atoms with Crippen LogP contribution < -0.4 is 5.73 Å². The molecule has 4 nitrogen and oxygen atoms in total. The predicted molar refractivity (Wildman–Crippen MR) is 55.6 cm³/mol. The fourth-order valence-corrected chi connectivity index (χ4v) is 1.67. The summed E-state index contributed by atoms with van der Waals surface area (Å²) in [5.74, 6) is 0.267. The van der Waals surface area contributed by atoms with Crippen molar-refractivity contribution in [2.24, 2.45) is 11.1 Å². The van der Waals surface area contributed by atoms with E-state index >= 15 is 0 Å². The predicted octanol–water partition coefficient (Wildman–Crippen LogP) is 1.56. The molecule has 0 atom stereocenters. The molecule has 14 heavy (non-hydrogen) atoms. The second-order valence-corrected chi connectivity index (χ2v) is 4.34. The molecule has 0 radical (unpaired) electrons. The summed E-state index contributed by atoms with van der Waals surface area (Å²) in [5, 5.41) is 12.3. The number of nitrogens with two attached hydrogens (primary N) is 1. The van der Waals surface area contributed by atoms with Gasteiger partial charge in [-0.2, -0.15) is 5.10 Å². The molecule has 0 unspecified atom stereocenters. The summed E-state index contributed by atoms with van der Waals surface area (Å²) >= 11 is 5.89. The maximum Gasteiger partial charge on any atom is 0.0987 e. The van der Waals surface area contributed by atoms with Crippen molar-refractivity contribution >= 4 is 17.4 Å². The van der Waals surface area contributed by atoms with Crippen LogP contribution in [-0.4, -0.2) is 15.6 Å². The molecule has 76 valence electrons. The van der Waals surface area contributed by atoms with Crippen LogP contribution in [0.25, 0.3) is 0 Å². The van der Waals surface area contributed by atoms with Gasteiger partial charge in [0.2, 0.25) is 0 Å². The molecule has 0 aliphatic heterocycles. The van der Waals surface area contributed by atoms with Crippen LogP contribution in [-0.2, 0) is 6.54 Å². The van der Waals surface area contributed by atoms with Crippen LogP contribution in [0.3, 0.4) is 0 Å². The Morgan fingerprint density at radius 3 is 2.79 bits per heavy atom. The quantitative estimate of drug-likeness (QED) is 0.590. The Kier molecular flexibility index (Phi) is 2.03. The van der Waals surface area contributed by atoms with E-state index in [1.54, 1.807) is 6.20 Å². The Labute approximate surface area is 87.6 Å². The van der Waals surface area contributed by atoms with Crippen molar-refractivity contribution in [1.82, 2.24) is 9.78 Å². The van der Waals surface area contributed by atoms with Crippen molar-refractivity contribution in [3.8, 4) is 0 Å². The van der Waals surface area contributed by atoms with E-state index in [-0.39, 0.29) is 11.3 Å². The zero-order chi connectivity index (χ0) is 10.3. The minimum atomic E-state index is -0.139. The van der Waals surface area contributed by atoms with Gasteiger partial charge in [0.25, 0.3) is 0 Å². The molecule has 1 aromatic heterocycles. The summed E-state index contributed by atoms with van der Waals surface area (Å²) in [6.07, 6.45) is 3.60. The maximum atomic E-state index is 7.49. The van der Waals surface area contributed by atoms with Crippen molar-refractivity contribution < 1.29 is 0 Å². The summed E-state index contributed by atoms with van der Waals surface area (Å²) in [6.45, 7) is 2.60. The van der Waals surface area contributed by atoms with Crippen molar-refractivity contribution in [2.75, 3.05) is 0 Å². The van der Waals surface area contributed by atoms with E-state index in [4.69, 9.17) is 22.7 Å². The van der Waals surface area contributed by atoms with E-state index in [9.17, 15) is 0 Å². The first-order chi connectivity index (χ1) is 6.55. The van der Waals surface area contributed by atoms with E-state index in [2.05, 4.69) is 5.10 Å². The van der Waals surface area contributed by atoms with E-state index in [0.717, 1.165) is 18.5 Å². The van der Waals surface area contributed by atoms with Crippen LogP contribution in [0.5, 0.6) is 0 Å². The first-order valence-electron chi connectivity index (χ1n) is 4.58. The lowest BCUT2D eigenvalue weighted by Crippen LogP contribution is -2.29. The monoisotopic (exact) mass is 212 g/mol. The minimum absolute atomic E-state index is 0.139. The molecule has 0 saturated heterocycles. The molecule has 1 saturated carbocycles. The molecule has 1 aliphatic rings. The van der Waals surface area contributed by atoms with Gasteiger partial charge in [-0.05, 0) is 19.8 Å². The van der Waals surface area contributed by atoms with Crippen molar-refractivity contribution in [2.45, 2.75) is 26.3 Å². The molecule has 0 bridgehead atoms. The lowest BCUT2D eigenvalue weighted by molar-refractivity contribution is 0.487. The summed E-state index contributed by atoms with van der Waals surface area (Å²) in [4.78, 5) is 0. The largest absolute Gasteiger partial charge is 0.387 e. The SMILES string of the molecule is Cc1c(Cl)cnn1CC1(C(=N)N)CC1. The standard InChI is InChI=1S/C9H13ClN4/c1-6-7(10)4-13-14(6)5-9(2-3-9)8(11)12/h4H,2-3,5H2,1H3,(H3,11,12). The number of hydrogen-bond acceptors (Lipinski definition) is 2. The summed E-state index contributed by atoms with van der Waals surface area (Å²) in [6, 6.07) is 0. The summed E-state index contributed by atoms with van der Waals surface area (Å²) in [5.41, 5.74) is 6.35. The van der Waals surface area contributed by atoms with Gasteiger partial charge in [-0.1, -0.05) is 11.6 Å². The van der Waals surface area contributed by atoms with Gasteiger partial charge >= 0.3 is 0 Å². The normalized spacial score (nSPS) is 18.1. The lowest BCUT2D eigenvalue weighted by atomic mass is 10.1. The molecule has 2 rings (SSSR count). The molecular formula is C9H13ClN4. The minimum Gasteiger partial charge on any atom is -0.387 e.